The molecule has 444 valence electrons. The van der Waals surface area contributed by atoms with Gasteiger partial charge < -0.3 is 68.6 Å². The molecule has 0 spiro atoms. The van der Waals surface area contributed by atoms with E-state index in [1.54, 1.807) is 55.3 Å². The van der Waals surface area contributed by atoms with Crippen LogP contribution < -0.4 is 43.8 Å². The number of ether oxygens (including phenoxy) is 9. The minimum Gasteiger partial charge on any atom is -0.497 e. The van der Waals surface area contributed by atoms with Gasteiger partial charge in [-0.05, 0) is 135 Å². The molecule has 5 aromatic carbocycles. The molecular formula is C63H86N2O16. The fourth-order valence-corrected chi connectivity index (χ4v) is 5.11. The lowest BCUT2D eigenvalue weighted by Crippen LogP contribution is -2.17. The van der Waals surface area contributed by atoms with E-state index in [-0.39, 0.29) is 17.8 Å². The van der Waals surface area contributed by atoms with E-state index < -0.39 is 24.3 Å². The number of amides is 2. The number of aliphatic hydroxyl groups excluding tert-OH is 3. The Bertz CT molecular complexity index is 2490. The van der Waals surface area contributed by atoms with Crippen molar-refractivity contribution in [2.24, 2.45) is 0 Å². The van der Waals surface area contributed by atoms with Crippen molar-refractivity contribution in [2.75, 3.05) is 69.5 Å². The summed E-state index contributed by atoms with van der Waals surface area (Å²) in [6.45, 7) is 23.1. The zero-order valence-electron chi connectivity index (χ0n) is 49.2. The maximum atomic E-state index is 10.3. The molecule has 0 radical (unpaired) electrons. The van der Waals surface area contributed by atoms with E-state index in [1.807, 2.05) is 136 Å². The average Bonchev–Trinajstić information content (AvgIpc) is 3.51. The summed E-state index contributed by atoms with van der Waals surface area (Å²) in [5, 5.41) is 33.0. The van der Waals surface area contributed by atoms with Gasteiger partial charge in [-0.2, -0.15) is 0 Å². The highest BCUT2D eigenvalue weighted by Gasteiger charge is 2.06. The summed E-state index contributed by atoms with van der Waals surface area (Å²) in [5.74, 6) is 5.09. The predicted octanol–water partition coefficient (Wildman–Crippen LogP) is 10.3. The lowest BCUT2D eigenvalue weighted by atomic mass is 10.1. The van der Waals surface area contributed by atoms with Gasteiger partial charge in [0.15, 0.2) is 0 Å². The van der Waals surface area contributed by atoms with Crippen LogP contribution >= 0.6 is 0 Å². The molecule has 0 fully saturated rings. The molecule has 0 heterocycles. The molecule has 0 aliphatic carbocycles. The SMILES string of the molecule is C=C(C)C(=O)NC.C=C(C)C(=O)OC.C=CC(=O)NC.C=CC(=O)OC.CCC(O)COc1ccc(-c2ccc(OC)cc2)cc1.CCC(O)COc1ccc(Oc2ccc(OC)cc2)cc1.CCC(O)COc1cccc(OC)c1. The first-order valence-corrected chi connectivity index (χ1v) is 25.6. The molecule has 18 heteroatoms. The van der Waals surface area contributed by atoms with Gasteiger partial charge in [0.05, 0.1) is 53.9 Å². The number of likely N-dealkylation sites (N-methyl/N-ethyl adjacent to an activating group) is 2. The Kier molecular flexibility index (Phi) is 42.6. The van der Waals surface area contributed by atoms with Crippen LogP contribution in [0.1, 0.15) is 53.9 Å². The van der Waals surface area contributed by atoms with E-state index in [9.17, 15) is 34.5 Å². The molecule has 81 heavy (non-hydrogen) atoms. The third kappa shape index (κ3) is 37.0. The molecule has 5 rings (SSSR count). The normalized spacial score (nSPS) is 10.5. The number of rotatable bonds is 22. The standard InChI is InChI=1S/C17H20O4.C17H20O3.C11H16O3.C5H9NO.C5H8O2.C4H7NO.C4H6O2/c1-3-13(18)12-20-15-6-10-17(11-7-15)21-16-8-4-14(19-2)5-9-16;1-3-15(18)12-20-17-10-6-14(7-11-17)13-4-8-16(19-2)9-5-13;1-3-9(12)8-14-11-6-4-5-10(7-11)13-2;1-4(2)5(7)6-3;1-4(2)5(6)7-3;1-3-4(6)5-2;1-3-4(5)6-2/h4-11,13,18H,3,12H2,1-2H3;4-11,15,18H,3,12H2,1-2H3;4-7,9,12H,3,8H2,1-2H3;1H2,2-3H3,(H,6,7);1H2,2-3H3;3H,1H2,2H3,(H,5,6);3H,1H2,2H3. The van der Waals surface area contributed by atoms with Crippen molar-refractivity contribution in [3.63, 3.8) is 0 Å². The molecule has 0 saturated heterocycles. The van der Waals surface area contributed by atoms with Crippen LogP contribution in [0.4, 0.5) is 0 Å². The summed E-state index contributed by atoms with van der Waals surface area (Å²) >= 11 is 0. The summed E-state index contributed by atoms with van der Waals surface area (Å²) in [4.78, 5) is 40.3. The Hall–Kier alpha value is -8.58. The van der Waals surface area contributed by atoms with Crippen LogP contribution in [0.15, 0.2) is 171 Å². The molecule has 0 aromatic heterocycles. The molecule has 5 N–H and O–H groups in total. The lowest BCUT2D eigenvalue weighted by molar-refractivity contribution is -0.136. The fourth-order valence-electron chi connectivity index (χ4n) is 5.11. The average molecular weight is 1130 g/mol. The fraction of sp³-hybridized carbons (Fsp3) is 0.333. The first-order chi connectivity index (χ1) is 38.7. The van der Waals surface area contributed by atoms with E-state index in [0.29, 0.717) is 56.0 Å². The van der Waals surface area contributed by atoms with Crippen LogP contribution in [-0.4, -0.2) is 127 Å². The van der Waals surface area contributed by atoms with Crippen LogP contribution in [0.5, 0.6) is 46.0 Å². The Morgan fingerprint density at radius 3 is 1.10 bits per heavy atom. The van der Waals surface area contributed by atoms with Crippen molar-refractivity contribution in [1.29, 1.82) is 0 Å². The molecule has 18 nitrogen and oxygen atoms in total. The van der Waals surface area contributed by atoms with Gasteiger partial charge in [-0.25, -0.2) is 9.59 Å². The molecule has 0 aliphatic heterocycles. The number of esters is 2. The molecular weight excluding hydrogens is 1040 g/mol. The summed E-state index contributed by atoms with van der Waals surface area (Å²) in [5.41, 5.74) is 3.23. The van der Waals surface area contributed by atoms with Gasteiger partial charge in [0, 0.05) is 37.4 Å². The third-order valence-electron chi connectivity index (χ3n) is 10.1. The molecule has 3 atom stereocenters. The summed E-state index contributed by atoms with van der Waals surface area (Å²) in [6.07, 6.45) is 3.17. The highest BCUT2D eigenvalue weighted by Crippen LogP contribution is 2.27. The van der Waals surface area contributed by atoms with Crippen molar-refractivity contribution in [2.45, 2.75) is 72.2 Å². The number of nitrogens with one attached hydrogen (secondary N) is 2. The number of aliphatic hydroxyl groups is 3. The van der Waals surface area contributed by atoms with Crippen molar-refractivity contribution in [3.05, 3.63) is 171 Å². The minimum absolute atomic E-state index is 0.0972. The molecule has 3 unspecified atom stereocenters. The second-order valence-corrected chi connectivity index (χ2v) is 16.5. The largest absolute Gasteiger partial charge is 0.497 e. The van der Waals surface area contributed by atoms with Crippen LogP contribution in [-0.2, 0) is 28.7 Å². The van der Waals surface area contributed by atoms with Crippen molar-refractivity contribution < 1.29 is 77.1 Å². The van der Waals surface area contributed by atoms with Crippen molar-refractivity contribution in [1.82, 2.24) is 10.6 Å². The first kappa shape index (κ1) is 74.5. The Morgan fingerprint density at radius 1 is 0.481 bits per heavy atom. The van der Waals surface area contributed by atoms with Gasteiger partial charge in [0.25, 0.3) is 0 Å². The van der Waals surface area contributed by atoms with Crippen LogP contribution in [0, 0.1) is 0 Å². The molecule has 0 saturated carbocycles. The van der Waals surface area contributed by atoms with E-state index in [1.165, 1.54) is 20.3 Å². The van der Waals surface area contributed by atoms with Gasteiger partial charge in [-0.15, -0.1) is 0 Å². The molecule has 0 bridgehead atoms. The van der Waals surface area contributed by atoms with E-state index in [2.05, 4.69) is 46.4 Å². The number of carbonyl (C=O) groups is 4. The van der Waals surface area contributed by atoms with Gasteiger partial charge >= 0.3 is 11.9 Å². The van der Waals surface area contributed by atoms with Crippen molar-refractivity contribution in [3.8, 4) is 57.1 Å². The van der Waals surface area contributed by atoms with Crippen LogP contribution in [0.3, 0.4) is 0 Å². The predicted molar refractivity (Wildman–Crippen MR) is 318 cm³/mol. The van der Waals surface area contributed by atoms with Crippen molar-refractivity contribution >= 4 is 23.8 Å². The zero-order valence-corrected chi connectivity index (χ0v) is 49.2. The Labute approximate surface area is 479 Å². The molecule has 2 amide bonds. The highest BCUT2D eigenvalue weighted by molar-refractivity contribution is 5.91. The van der Waals surface area contributed by atoms with E-state index >= 15 is 0 Å². The maximum absolute atomic E-state index is 10.3. The summed E-state index contributed by atoms with van der Waals surface area (Å²) < 4.78 is 45.8. The smallest absolute Gasteiger partial charge is 0.332 e. The second-order valence-electron chi connectivity index (χ2n) is 16.5. The van der Waals surface area contributed by atoms with Crippen LogP contribution in [0.25, 0.3) is 11.1 Å². The highest BCUT2D eigenvalue weighted by atomic mass is 16.5. The van der Waals surface area contributed by atoms with E-state index in [0.717, 1.165) is 57.4 Å². The summed E-state index contributed by atoms with van der Waals surface area (Å²) in [6, 6.07) is 37.8. The van der Waals surface area contributed by atoms with Gasteiger partial charge in [-0.1, -0.05) is 77.4 Å². The topological polar surface area (TPSA) is 236 Å². The van der Waals surface area contributed by atoms with Crippen LogP contribution in [0.2, 0.25) is 0 Å². The zero-order chi connectivity index (χ0) is 61.5. The summed E-state index contributed by atoms with van der Waals surface area (Å²) in [7, 11) is 10.7. The minimum atomic E-state index is -0.430. The maximum Gasteiger partial charge on any atom is 0.332 e. The number of hydrogen-bond acceptors (Lipinski definition) is 16. The number of benzene rings is 5. The molecule has 0 aliphatic rings. The van der Waals surface area contributed by atoms with Gasteiger partial charge in [-0.3, -0.25) is 9.59 Å². The third-order valence-corrected chi connectivity index (χ3v) is 10.1. The second kappa shape index (κ2) is 46.3. The number of methoxy groups -OCH3 is 5. The first-order valence-electron chi connectivity index (χ1n) is 25.6. The Balaban J connectivity index is 0. The Morgan fingerprint density at radius 2 is 0.840 bits per heavy atom. The monoisotopic (exact) mass is 1130 g/mol. The number of hydrogen-bond donors (Lipinski definition) is 5. The van der Waals surface area contributed by atoms with Gasteiger partial charge in [0.1, 0.15) is 65.8 Å². The van der Waals surface area contributed by atoms with Gasteiger partial charge in [0.2, 0.25) is 11.8 Å². The molecule has 5 aromatic rings. The van der Waals surface area contributed by atoms with E-state index in [4.69, 9.17) is 33.2 Å². The number of carbonyl (C=O) groups excluding carboxylic acids is 4. The quantitative estimate of drug-likeness (QED) is 0.0320. The lowest BCUT2D eigenvalue weighted by Gasteiger charge is -2.11.